The first-order valence-corrected chi connectivity index (χ1v) is 8.13. The molecule has 1 aliphatic heterocycles. The Bertz CT molecular complexity index is 518. The summed E-state index contributed by atoms with van der Waals surface area (Å²) in [6, 6.07) is 1.29. The Morgan fingerprint density at radius 3 is 2.61 bits per heavy atom. The van der Waals surface area contributed by atoms with Gasteiger partial charge in [0, 0.05) is 19.1 Å². The number of hydrogen-bond acceptors (Lipinski definition) is 4. The highest BCUT2D eigenvalue weighted by atomic mass is 35.5. The molecular formula is C9H13Cl3N2O2S2. The molecule has 0 amide bonds. The zero-order chi connectivity index (χ0) is 12.6. The lowest BCUT2D eigenvalue weighted by atomic mass is 10.1. The molecule has 0 saturated carbocycles. The highest BCUT2D eigenvalue weighted by Gasteiger charge is 2.31. The van der Waals surface area contributed by atoms with E-state index in [-0.39, 0.29) is 27.7 Å². The van der Waals surface area contributed by atoms with E-state index in [1.165, 1.54) is 10.4 Å². The maximum absolute atomic E-state index is 12.3. The standard InChI is InChI=1S/C9H12Cl2N2O2S2.ClH/c10-8-4-7(9(11)16-8)17(14,15)13-3-1-2-6(12)5-13;/h4,6H,1-3,5,12H2;1H/t6-;/m1./s1. The third-order valence-electron chi connectivity index (χ3n) is 2.66. The van der Waals surface area contributed by atoms with Crippen LogP contribution in [0.5, 0.6) is 0 Å². The lowest BCUT2D eigenvalue weighted by Crippen LogP contribution is -2.45. The molecule has 1 aromatic rings. The van der Waals surface area contributed by atoms with Gasteiger partial charge in [-0.25, -0.2) is 8.42 Å². The lowest BCUT2D eigenvalue weighted by Gasteiger charge is -2.29. The molecule has 104 valence electrons. The fourth-order valence-corrected chi connectivity index (χ4v) is 5.48. The van der Waals surface area contributed by atoms with Crippen LogP contribution < -0.4 is 5.73 Å². The van der Waals surface area contributed by atoms with E-state index in [1.807, 2.05) is 0 Å². The second-order valence-corrected chi connectivity index (χ2v) is 8.15. The number of rotatable bonds is 2. The molecular weight excluding hydrogens is 339 g/mol. The highest BCUT2D eigenvalue weighted by molar-refractivity contribution is 7.89. The molecule has 2 N–H and O–H groups in total. The summed E-state index contributed by atoms with van der Waals surface area (Å²) in [4.78, 5) is 0.0864. The van der Waals surface area contributed by atoms with Crippen molar-refractivity contribution in [2.45, 2.75) is 23.8 Å². The number of halogens is 3. The summed E-state index contributed by atoms with van der Waals surface area (Å²) < 4.78 is 26.6. The number of thiophene rings is 1. The van der Waals surface area contributed by atoms with Crippen molar-refractivity contribution >= 4 is 57.0 Å². The molecule has 1 aromatic heterocycles. The van der Waals surface area contributed by atoms with Crippen LogP contribution in [0.1, 0.15) is 12.8 Å². The number of nitrogens with zero attached hydrogens (tertiary/aromatic N) is 1. The van der Waals surface area contributed by atoms with Crippen LogP contribution in [0.15, 0.2) is 11.0 Å². The van der Waals surface area contributed by atoms with E-state index in [1.54, 1.807) is 0 Å². The Labute approximate surface area is 127 Å². The smallest absolute Gasteiger partial charge is 0.245 e. The third kappa shape index (κ3) is 3.30. The van der Waals surface area contributed by atoms with Gasteiger partial charge in [0.25, 0.3) is 0 Å². The monoisotopic (exact) mass is 350 g/mol. The van der Waals surface area contributed by atoms with Gasteiger partial charge >= 0.3 is 0 Å². The van der Waals surface area contributed by atoms with Gasteiger partial charge in [-0.05, 0) is 18.9 Å². The third-order valence-corrected chi connectivity index (χ3v) is 6.28. The van der Waals surface area contributed by atoms with Crippen LogP contribution in [-0.2, 0) is 10.0 Å². The minimum atomic E-state index is -3.56. The van der Waals surface area contributed by atoms with Gasteiger partial charge in [0.1, 0.15) is 9.23 Å². The van der Waals surface area contributed by atoms with E-state index in [0.29, 0.717) is 17.4 Å². The Kier molecular flexibility index (Phi) is 5.74. The number of nitrogens with two attached hydrogens (primary N) is 1. The largest absolute Gasteiger partial charge is 0.327 e. The maximum Gasteiger partial charge on any atom is 0.245 e. The van der Waals surface area contributed by atoms with E-state index in [9.17, 15) is 8.42 Å². The minimum Gasteiger partial charge on any atom is -0.327 e. The molecule has 18 heavy (non-hydrogen) atoms. The van der Waals surface area contributed by atoms with Gasteiger partial charge in [-0.3, -0.25) is 0 Å². The zero-order valence-electron chi connectivity index (χ0n) is 9.30. The van der Waals surface area contributed by atoms with Crippen LogP contribution in [0.25, 0.3) is 0 Å². The fourth-order valence-electron chi connectivity index (χ4n) is 1.83. The van der Waals surface area contributed by atoms with Gasteiger partial charge in [-0.15, -0.1) is 23.7 Å². The van der Waals surface area contributed by atoms with Crippen LogP contribution in [0, 0.1) is 0 Å². The van der Waals surface area contributed by atoms with Gasteiger partial charge in [0.05, 0.1) is 4.34 Å². The number of sulfonamides is 1. The summed E-state index contributed by atoms with van der Waals surface area (Å²) in [5, 5.41) is 0. The summed E-state index contributed by atoms with van der Waals surface area (Å²) in [5.41, 5.74) is 5.78. The molecule has 1 atom stereocenters. The van der Waals surface area contributed by atoms with Crippen LogP contribution in [0.3, 0.4) is 0 Å². The van der Waals surface area contributed by atoms with E-state index in [4.69, 9.17) is 28.9 Å². The van der Waals surface area contributed by atoms with Gasteiger partial charge in [0.15, 0.2) is 0 Å². The number of piperidine rings is 1. The van der Waals surface area contributed by atoms with Gasteiger partial charge < -0.3 is 5.73 Å². The lowest BCUT2D eigenvalue weighted by molar-refractivity contribution is 0.316. The molecule has 0 radical (unpaired) electrons. The summed E-state index contributed by atoms with van der Waals surface area (Å²) >= 11 is 12.7. The molecule has 0 aromatic carbocycles. The van der Waals surface area contributed by atoms with E-state index in [2.05, 4.69) is 0 Å². The molecule has 1 saturated heterocycles. The first-order chi connectivity index (χ1) is 7.91. The Balaban J connectivity index is 0.00000162. The van der Waals surface area contributed by atoms with Crippen molar-refractivity contribution < 1.29 is 8.42 Å². The minimum absolute atomic E-state index is 0. The maximum atomic E-state index is 12.3. The molecule has 4 nitrogen and oxygen atoms in total. The summed E-state index contributed by atoms with van der Waals surface area (Å²) in [5.74, 6) is 0. The van der Waals surface area contributed by atoms with Crippen molar-refractivity contribution in [3.63, 3.8) is 0 Å². The van der Waals surface area contributed by atoms with Gasteiger partial charge in [0.2, 0.25) is 10.0 Å². The topological polar surface area (TPSA) is 63.4 Å². The highest BCUT2D eigenvalue weighted by Crippen LogP contribution is 2.36. The van der Waals surface area contributed by atoms with Gasteiger partial charge in [-0.1, -0.05) is 23.2 Å². The fraction of sp³-hybridized carbons (Fsp3) is 0.556. The predicted molar refractivity (Wildman–Crippen MR) is 77.6 cm³/mol. The van der Waals surface area contributed by atoms with E-state index >= 15 is 0 Å². The van der Waals surface area contributed by atoms with Crippen LogP contribution in [0.2, 0.25) is 8.67 Å². The second kappa shape index (κ2) is 6.26. The average Bonchev–Trinajstić information content (AvgIpc) is 2.58. The quantitative estimate of drug-likeness (QED) is 0.890. The summed E-state index contributed by atoms with van der Waals surface area (Å²) in [6.07, 6.45) is 1.63. The van der Waals surface area contributed by atoms with Crippen molar-refractivity contribution in [2.24, 2.45) is 5.73 Å². The van der Waals surface area contributed by atoms with Crippen LogP contribution >= 0.6 is 46.9 Å². The average molecular weight is 352 g/mol. The van der Waals surface area contributed by atoms with Crippen molar-refractivity contribution in [3.8, 4) is 0 Å². The van der Waals surface area contributed by atoms with Crippen molar-refractivity contribution in [3.05, 3.63) is 14.7 Å². The SMILES string of the molecule is Cl.N[C@@H]1CCCN(S(=O)(=O)c2cc(Cl)sc2Cl)C1. The molecule has 2 heterocycles. The van der Waals surface area contributed by atoms with Crippen molar-refractivity contribution in [1.82, 2.24) is 4.31 Å². The van der Waals surface area contributed by atoms with Crippen LogP contribution in [-0.4, -0.2) is 31.9 Å². The van der Waals surface area contributed by atoms with E-state index in [0.717, 1.165) is 24.2 Å². The molecule has 9 heteroatoms. The zero-order valence-corrected chi connectivity index (χ0v) is 13.3. The predicted octanol–water partition coefficient (Wildman–Crippen LogP) is 2.59. The first kappa shape index (κ1) is 16.5. The Morgan fingerprint density at radius 2 is 2.11 bits per heavy atom. The molecule has 0 aliphatic carbocycles. The Morgan fingerprint density at radius 1 is 1.44 bits per heavy atom. The van der Waals surface area contributed by atoms with Gasteiger partial charge in [-0.2, -0.15) is 4.31 Å². The normalized spacial score (nSPS) is 21.6. The molecule has 1 fully saturated rings. The Hall–Kier alpha value is 0.440. The molecule has 1 aliphatic rings. The molecule has 0 unspecified atom stereocenters. The van der Waals surface area contributed by atoms with Crippen LogP contribution in [0.4, 0.5) is 0 Å². The summed E-state index contributed by atoms with van der Waals surface area (Å²) in [6.45, 7) is 0.825. The molecule has 0 bridgehead atoms. The molecule has 2 rings (SSSR count). The molecule has 0 spiro atoms. The van der Waals surface area contributed by atoms with Crippen molar-refractivity contribution in [2.75, 3.05) is 13.1 Å². The second-order valence-electron chi connectivity index (χ2n) is 3.95. The number of hydrogen-bond donors (Lipinski definition) is 1. The summed E-state index contributed by atoms with van der Waals surface area (Å²) in [7, 11) is -3.56. The van der Waals surface area contributed by atoms with E-state index < -0.39 is 10.0 Å². The van der Waals surface area contributed by atoms with Crippen molar-refractivity contribution in [1.29, 1.82) is 0 Å². The first-order valence-electron chi connectivity index (χ1n) is 5.12.